The molecule has 2 fully saturated rings. The smallest absolute Gasteiger partial charge is 0.310 e. The molecule has 4 rings (SSSR count). The van der Waals surface area contributed by atoms with E-state index >= 15 is 0 Å². The van der Waals surface area contributed by atoms with E-state index in [2.05, 4.69) is 11.1 Å². The first-order valence-corrected chi connectivity index (χ1v) is 8.52. The molecule has 3 atom stereocenters. The Bertz CT molecular complexity index is 802. The van der Waals surface area contributed by atoms with Gasteiger partial charge in [0, 0.05) is 29.6 Å². The Morgan fingerprint density at radius 1 is 1.25 bits per heavy atom. The van der Waals surface area contributed by atoms with Crippen LogP contribution in [0.5, 0.6) is 0 Å². The minimum absolute atomic E-state index is 0.123. The van der Waals surface area contributed by atoms with Gasteiger partial charge in [0.1, 0.15) is 5.82 Å². The number of aliphatic carboxylic acids is 1. The van der Waals surface area contributed by atoms with Gasteiger partial charge in [-0.2, -0.15) is 0 Å². The summed E-state index contributed by atoms with van der Waals surface area (Å²) in [5.74, 6) is -0.902. The Balaban J connectivity index is 1.77. The maximum Gasteiger partial charge on any atom is 0.310 e. The van der Waals surface area contributed by atoms with Crippen molar-refractivity contribution in [2.24, 2.45) is 5.41 Å². The fourth-order valence-corrected chi connectivity index (χ4v) is 4.24. The van der Waals surface area contributed by atoms with Crippen molar-refractivity contribution in [2.45, 2.75) is 43.9 Å². The molecular formula is C20H20FNO2. The molecule has 0 saturated heterocycles. The molecule has 1 N–H and O–H groups in total. The molecule has 0 aliphatic heterocycles. The number of hydrogen-bond acceptors (Lipinski definition) is 2. The van der Waals surface area contributed by atoms with Crippen LogP contribution in [-0.4, -0.2) is 16.1 Å². The molecule has 3 nitrogen and oxygen atoms in total. The molecule has 2 aromatic rings. The highest BCUT2D eigenvalue weighted by atomic mass is 19.1. The number of carbonyl (C=O) groups is 1. The SMILES string of the molecule is CCC1(C(=O)O)C(c2cccc(F)c2)C1c1ccnc(C2CC2)c1. The van der Waals surface area contributed by atoms with Crippen LogP contribution in [0.4, 0.5) is 4.39 Å². The predicted molar refractivity (Wildman–Crippen MR) is 88.5 cm³/mol. The van der Waals surface area contributed by atoms with Crippen LogP contribution in [-0.2, 0) is 4.79 Å². The van der Waals surface area contributed by atoms with E-state index in [9.17, 15) is 14.3 Å². The van der Waals surface area contributed by atoms with Crippen LogP contribution in [0.3, 0.4) is 0 Å². The third-order valence-corrected chi connectivity index (χ3v) is 5.69. The average molecular weight is 325 g/mol. The zero-order valence-corrected chi connectivity index (χ0v) is 13.6. The first kappa shape index (κ1) is 15.3. The minimum Gasteiger partial charge on any atom is -0.481 e. The number of aromatic nitrogens is 1. The first-order valence-electron chi connectivity index (χ1n) is 8.52. The molecule has 0 spiro atoms. The van der Waals surface area contributed by atoms with Gasteiger partial charge in [0.05, 0.1) is 5.41 Å². The molecule has 2 aliphatic rings. The Kier molecular flexibility index (Phi) is 3.44. The van der Waals surface area contributed by atoms with E-state index in [0.717, 1.165) is 29.7 Å². The van der Waals surface area contributed by atoms with Crippen LogP contribution in [0.25, 0.3) is 0 Å². The molecule has 3 unspecified atom stereocenters. The summed E-state index contributed by atoms with van der Waals surface area (Å²) in [6.07, 6.45) is 4.63. The lowest BCUT2D eigenvalue weighted by Gasteiger charge is -2.10. The highest BCUT2D eigenvalue weighted by molar-refractivity contribution is 5.84. The van der Waals surface area contributed by atoms with Gasteiger partial charge in [0.2, 0.25) is 0 Å². The zero-order chi connectivity index (χ0) is 16.9. The van der Waals surface area contributed by atoms with E-state index in [4.69, 9.17) is 0 Å². The Hall–Kier alpha value is -2.23. The van der Waals surface area contributed by atoms with Gasteiger partial charge in [0.25, 0.3) is 0 Å². The molecule has 0 radical (unpaired) electrons. The van der Waals surface area contributed by atoms with Crippen molar-refractivity contribution in [3.63, 3.8) is 0 Å². The zero-order valence-electron chi connectivity index (χ0n) is 13.6. The molecule has 1 aromatic carbocycles. The second-order valence-corrected chi connectivity index (χ2v) is 7.00. The molecular weight excluding hydrogens is 305 g/mol. The molecule has 1 heterocycles. The minimum atomic E-state index is -0.851. The fraction of sp³-hybridized carbons (Fsp3) is 0.400. The van der Waals surface area contributed by atoms with Crippen LogP contribution in [0, 0.1) is 11.2 Å². The van der Waals surface area contributed by atoms with Crippen molar-refractivity contribution >= 4 is 5.97 Å². The first-order chi connectivity index (χ1) is 11.6. The third kappa shape index (κ3) is 2.24. The van der Waals surface area contributed by atoms with Gasteiger partial charge in [0.15, 0.2) is 0 Å². The van der Waals surface area contributed by atoms with E-state index in [1.807, 2.05) is 19.1 Å². The standard InChI is InChI=1S/C20H20FNO2/c1-2-20(19(23)24)17(13-4-3-5-15(21)10-13)18(20)14-8-9-22-16(11-14)12-6-7-12/h3-5,8-12,17-18H,2,6-7H2,1H3,(H,23,24). The van der Waals surface area contributed by atoms with E-state index < -0.39 is 11.4 Å². The van der Waals surface area contributed by atoms with Gasteiger partial charge >= 0.3 is 5.97 Å². The summed E-state index contributed by atoms with van der Waals surface area (Å²) in [5.41, 5.74) is 2.00. The molecule has 1 aromatic heterocycles. The largest absolute Gasteiger partial charge is 0.481 e. The summed E-state index contributed by atoms with van der Waals surface area (Å²) in [5, 5.41) is 9.92. The number of rotatable bonds is 5. The van der Waals surface area contributed by atoms with Crippen molar-refractivity contribution in [1.29, 1.82) is 0 Å². The van der Waals surface area contributed by atoms with Crippen LogP contribution in [0.2, 0.25) is 0 Å². The monoisotopic (exact) mass is 325 g/mol. The van der Waals surface area contributed by atoms with Crippen LogP contribution < -0.4 is 0 Å². The Morgan fingerprint density at radius 2 is 1.96 bits per heavy atom. The molecule has 2 saturated carbocycles. The predicted octanol–water partition coefficient (Wildman–Crippen LogP) is 4.46. The highest BCUT2D eigenvalue weighted by Gasteiger charge is 2.69. The van der Waals surface area contributed by atoms with Crippen molar-refractivity contribution in [3.05, 3.63) is 65.2 Å². The van der Waals surface area contributed by atoms with Gasteiger partial charge in [-0.1, -0.05) is 19.1 Å². The fourth-order valence-electron chi connectivity index (χ4n) is 4.24. The molecule has 2 aliphatic carbocycles. The number of benzene rings is 1. The third-order valence-electron chi connectivity index (χ3n) is 5.69. The maximum absolute atomic E-state index is 13.7. The second kappa shape index (κ2) is 5.40. The number of pyridine rings is 1. The van der Waals surface area contributed by atoms with Gasteiger partial charge in [-0.15, -0.1) is 0 Å². The molecule has 0 bridgehead atoms. The normalized spacial score (nSPS) is 28.6. The topological polar surface area (TPSA) is 50.2 Å². The lowest BCUT2D eigenvalue weighted by Crippen LogP contribution is -2.17. The quantitative estimate of drug-likeness (QED) is 0.883. The van der Waals surface area contributed by atoms with Gasteiger partial charge in [-0.05, 0) is 54.7 Å². The average Bonchev–Trinajstić information content (AvgIpc) is 3.47. The summed E-state index contributed by atoms with van der Waals surface area (Å²) >= 11 is 0. The summed E-state index contributed by atoms with van der Waals surface area (Å²) in [6.45, 7) is 1.91. The molecule has 4 heteroatoms. The summed E-state index contributed by atoms with van der Waals surface area (Å²) < 4.78 is 13.7. The number of carboxylic acid groups (broad SMARTS) is 1. The van der Waals surface area contributed by atoms with Crippen LogP contribution in [0.15, 0.2) is 42.6 Å². The van der Waals surface area contributed by atoms with Crippen molar-refractivity contribution in [2.75, 3.05) is 0 Å². The molecule has 24 heavy (non-hydrogen) atoms. The number of halogens is 1. The number of hydrogen-bond donors (Lipinski definition) is 1. The van der Waals surface area contributed by atoms with E-state index in [1.165, 1.54) is 12.1 Å². The van der Waals surface area contributed by atoms with Gasteiger partial charge in [-0.25, -0.2) is 4.39 Å². The van der Waals surface area contributed by atoms with Crippen molar-refractivity contribution in [1.82, 2.24) is 4.98 Å². The Morgan fingerprint density at radius 3 is 2.54 bits per heavy atom. The van der Waals surface area contributed by atoms with Crippen LogP contribution in [0.1, 0.15) is 60.8 Å². The second-order valence-electron chi connectivity index (χ2n) is 7.00. The number of carboxylic acids is 1. The van der Waals surface area contributed by atoms with Crippen molar-refractivity contribution < 1.29 is 14.3 Å². The van der Waals surface area contributed by atoms with Crippen molar-refractivity contribution in [3.8, 4) is 0 Å². The summed E-state index contributed by atoms with van der Waals surface area (Å²) in [7, 11) is 0. The lowest BCUT2D eigenvalue weighted by molar-refractivity contribution is -0.143. The van der Waals surface area contributed by atoms with E-state index in [1.54, 1.807) is 12.3 Å². The maximum atomic E-state index is 13.7. The Labute approximate surface area is 140 Å². The van der Waals surface area contributed by atoms with Crippen LogP contribution >= 0.6 is 0 Å². The van der Waals surface area contributed by atoms with E-state index in [0.29, 0.717) is 12.3 Å². The molecule has 0 amide bonds. The lowest BCUT2D eigenvalue weighted by atomic mass is 9.94. The summed E-state index contributed by atoms with van der Waals surface area (Å²) in [4.78, 5) is 16.5. The molecule has 124 valence electrons. The highest BCUT2D eigenvalue weighted by Crippen LogP contribution is 2.72. The number of nitrogens with zero attached hydrogens (tertiary/aromatic N) is 1. The summed E-state index contributed by atoms with van der Waals surface area (Å²) in [6, 6.07) is 10.3. The van der Waals surface area contributed by atoms with E-state index in [-0.39, 0.29) is 17.7 Å². The van der Waals surface area contributed by atoms with Gasteiger partial charge < -0.3 is 5.11 Å². The van der Waals surface area contributed by atoms with Gasteiger partial charge in [-0.3, -0.25) is 9.78 Å².